The van der Waals surface area contributed by atoms with E-state index in [1.165, 1.54) is 11.1 Å². The molecule has 0 aliphatic carbocycles. The Morgan fingerprint density at radius 2 is 1.44 bits per heavy atom. The Balaban J connectivity index is 3.62. The highest BCUT2D eigenvalue weighted by molar-refractivity contribution is 5.52. The maximum Gasteiger partial charge on any atom is 0.127 e. The minimum absolute atomic E-state index is 0.393. The molecule has 0 aliphatic rings. The third-order valence-corrected chi connectivity index (χ3v) is 3.31. The summed E-state index contributed by atoms with van der Waals surface area (Å²) in [7, 11) is 1.74. The van der Waals surface area contributed by atoms with Crippen LogP contribution in [0.1, 0.15) is 70.1 Å². The zero-order valence-electron chi connectivity index (χ0n) is 12.8. The van der Waals surface area contributed by atoms with Gasteiger partial charge in [0.25, 0.3) is 0 Å². The molecule has 0 saturated heterocycles. The molecule has 0 radical (unpaired) electrons. The predicted octanol–water partition coefficient (Wildman–Crippen LogP) is 4.14. The average molecular weight is 249 g/mol. The smallest absolute Gasteiger partial charge is 0.127 e. The molecule has 0 aliphatic heterocycles. The predicted molar refractivity (Wildman–Crippen MR) is 78.4 cm³/mol. The van der Waals surface area contributed by atoms with E-state index >= 15 is 0 Å². The van der Waals surface area contributed by atoms with Crippen LogP contribution in [0.4, 0.5) is 0 Å². The molecule has 0 saturated carbocycles. The van der Waals surface area contributed by atoms with Crippen LogP contribution in [0.3, 0.4) is 0 Å². The first-order valence-electron chi connectivity index (χ1n) is 6.70. The maximum absolute atomic E-state index is 6.36. The van der Waals surface area contributed by atoms with Crippen molar-refractivity contribution in [2.75, 3.05) is 7.11 Å². The summed E-state index contributed by atoms with van der Waals surface area (Å²) in [5.41, 5.74) is 9.63. The van der Waals surface area contributed by atoms with Crippen molar-refractivity contribution in [1.29, 1.82) is 0 Å². The number of nitrogens with two attached hydrogens (primary N) is 1. The molecule has 18 heavy (non-hydrogen) atoms. The highest BCUT2D eigenvalue weighted by Gasteiger charge is 2.27. The largest absolute Gasteiger partial charge is 0.496 e. The van der Waals surface area contributed by atoms with Gasteiger partial charge >= 0.3 is 0 Å². The van der Waals surface area contributed by atoms with Gasteiger partial charge < -0.3 is 10.5 Å². The van der Waals surface area contributed by atoms with Crippen molar-refractivity contribution in [1.82, 2.24) is 0 Å². The van der Waals surface area contributed by atoms with Crippen molar-refractivity contribution in [2.24, 2.45) is 5.73 Å². The molecule has 0 atom stereocenters. The summed E-state index contributed by atoms with van der Waals surface area (Å²) < 4.78 is 5.68. The van der Waals surface area contributed by atoms with Crippen LogP contribution >= 0.6 is 0 Å². The number of methoxy groups -OCH3 is 1. The third-order valence-electron chi connectivity index (χ3n) is 3.31. The average Bonchev–Trinajstić information content (AvgIpc) is 2.25. The zero-order chi connectivity index (χ0) is 14.1. The minimum Gasteiger partial charge on any atom is -0.496 e. The lowest BCUT2D eigenvalue weighted by atomic mass is 9.82. The lowest BCUT2D eigenvalue weighted by Crippen LogP contribution is -2.31. The first-order chi connectivity index (χ1) is 8.20. The molecule has 1 aromatic rings. The summed E-state index contributed by atoms with van der Waals surface area (Å²) in [6, 6.07) is 4.38. The van der Waals surface area contributed by atoms with E-state index in [0.717, 1.165) is 11.3 Å². The van der Waals surface area contributed by atoms with Crippen molar-refractivity contribution in [3.05, 3.63) is 28.8 Å². The fraction of sp³-hybridized carbons (Fsp3) is 0.625. The van der Waals surface area contributed by atoms with Crippen LogP contribution in [0.25, 0.3) is 0 Å². The van der Waals surface area contributed by atoms with Crippen LogP contribution in [0.5, 0.6) is 5.75 Å². The van der Waals surface area contributed by atoms with E-state index in [2.05, 4.69) is 39.8 Å². The van der Waals surface area contributed by atoms with Gasteiger partial charge in [-0.2, -0.15) is 0 Å². The highest BCUT2D eigenvalue weighted by atomic mass is 16.5. The lowest BCUT2D eigenvalue weighted by Gasteiger charge is -2.29. The second kappa shape index (κ2) is 5.31. The van der Waals surface area contributed by atoms with Crippen molar-refractivity contribution in [3.8, 4) is 5.75 Å². The van der Waals surface area contributed by atoms with Gasteiger partial charge in [0.05, 0.1) is 7.11 Å². The first kappa shape index (κ1) is 15.0. The van der Waals surface area contributed by atoms with E-state index in [0.29, 0.717) is 11.8 Å². The number of ether oxygens (including phenoxy) is 1. The van der Waals surface area contributed by atoms with Crippen molar-refractivity contribution in [3.63, 3.8) is 0 Å². The Kier molecular flexibility index (Phi) is 4.44. The standard InChI is InChI=1S/C16H27NO/c1-10(2)12-8-9-13(11(3)4)15(18-7)14(12)16(5,6)17/h8-11H,17H2,1-7H3. The Morgan fingerprint density at radius 3 is 1.78 bits per heavy atom. The number of benzene rings is 1. The van der Waals surface area contributed by atoms with Crippen LogP contribution in [-0.2, 0) is 5.54 Å². The Labute approximate surface area is 112 Å². The van der Waals surface area contributed by atoms with Crippen LogP contribution in [0, 0.1) is 0 Å². The molecular formula is C16H27NO. The second-order valence-electron chi connectivity index (χ2n) is 6.18. The summed E-state index contributed by atoms with van der Waals surface area (Å²) in [4.78, 5) is 0. The maximum atomic E-state index is 6.36. The Morgan fingerprint density at radius 1 is 1.00 bits per heavy atom. The monoisotopic (exact) mass is 249 g/mol. The SMILES string of the molecule is COc1c(C(C)C)ccc(C(C)C)c1C(C)(C)N. The van der Waals surface area contributed by atoms with Crippen LogP contribution in [-0.4, -0.2) is 7.11 Å². The van der Waals surface area contributed by atoms with E-state index in [1.54, 1.807) is 7.11 Å². The first-order valence-corrected chi connectivity index (χ1v) is 6.70. The molecule has 0 amide bonds. The molecule has 0 fully saturated rings. The molecular weight excluding hydrogens is 222 g/mol. The van der Waals surface area contributed by atoms with Crippen LogP contribution in [0.15, 0.2) is 12.1 Å². The molecule has 0 bridgehead atoms. The van der Waals surface area contributed by atoms with Gasteiger partial charge in [0.15, 0.2) is 0 Å². The molecule has 2 N–H and O–H groups in total. The summed E-state index contributed by atoms with van der Waals surface area (Å²) in [5, 5.41) is 0. The van der Waals surface area contributed by atoms with Gasteiger partial charge in [-0.1, -0.05) is 39.8 Å². The molecule has 0 aromatic heterocycles. The molecule has 2 nitrogen and oxygen atoms in total. The van der Waals surface area contributed by atoms with Crippen molar-refractivity contribution >= 4 is 0 Å². The van der Waals surface area contributed by atoms with Gasteiger partial charge in [-0.3, -0.25) is 0 Å². The summed E-state index contributed by atoms with van der Waals surface area (Å²) in [6.07, 6.45) is 0. The Bertz CT molecular complexity index is 414. The highest BCUT2D eigenvalue weighted by Crippen LogP contribution is 2.40. The fourth-order valence-corrected chi connectivity index (χ4v) is 2.43. The topological polar surface area (TPSA) is 35.2 Å². The Hall–Kier alpha value is -1.02. The molecule has 0 spiro atoms. The summed E-state index contributed by atoms with van der Waals surface area (Å²) in [6.45, 7) is 12.8. The van der Waals surface area contributed by atoms with E-state index in [-0.39, 0.29) is 0 Å². The van der Waals surface area contributed by atoms with Gasteiger partial charge in [-0.05, 0) is 36.8 Å². The van der Waals surface area contributed by atoms with Gasteiger partial charge in [0, 0.05) is 11.1 Å². The number of rotatable bonds is 4. The molecule has 102 valence electrons. The second-order valence-corrected chi connectivity index (χ2v) is 6.18. The van der Waals surface area contributed by atoms with E-state index < -0.39 is 5.54 Å². The van der Waals surface area contributed by atoms with E-state index in [9.17, 15) is 0 Å². The van der Waals surface area contributed by atoms with Gasteiger partial charge in [-0.15, -0.1) is 0 Å². The normalized spacial score (nSPS) is 12.3. The molecule has 1 aromatic carbocycles. The summed E-state index contributed by atoms with van der Waals surface area (Å²) >= 11 is 0. The van der Waals surface area contributed by atoms with Crippen molar-refractivity contribution < 1.29 is 4.74 Å². The molecule has 1 rings (SSSR count). The molecule has 0 unspecified atom stereocenters. The zero-order valence-corrected chi connectivity index (χ0v) is 12.8. The van der Waals surface area contributed by atoms with Crippen LogP contribution < -0.4 is 10.5 Å². The van der Waals surface area contributed by atoms with Crippen molar-refractivity contribution in [2.45, 2.75) is 58.9 Å². The quantitative estimate of drug-likeness (QED) is 0.870. The van der Waals surface area contributed by atoms with Crippen LogP contribution in [0.2, 0.25) is 0 Å². The number of hydrogen-bond donors (Lipinski definition) is 1. The molecule has 0 heterocycles. The van der Waals surface area contributed by atoms with Gasteiger partial charge in [-0.25, -0.2) is 0 Å². The third kappa shape index (κ3) is 2.86. The lowest BCUT2D eigenvalue weighted by molar-refractivity contribution is 0.385. The fourth-order valence-electron chi connectivity index (χ4n) is 2.43. The molecule has 2 heteroatoms. The van der Waals surface area contributed by atoms with Gasteiger partial charge in [0.2, 0.25) is 0 Å². The summed E-state index contributed by atoms with van der Waals surface area (Å²) in [5.74, 6) is 1.84. The van der Waals surface area contributed by atoms with E-state index in [4.69, 9.17) is 10.5 Å². The van der Waals surface area contributed by atoms with Gasteiger partial charge in [0.1, 0.15) is 5.75 Å². The minimum atomic E-state index is -0.393. The van der Waals surface area contributed by atoms with E-state index in [1.807, 2.05) is 13.8 Å². The number of hydrogen-bond acceptors (Lipinski definition) is 2.